The number of benzene rings is 1. The second-order valence-electron chi connectivity index (χ2n) is 7.16. The number of hydrogen-bond donors (Lipinski definition) is 2. The number of rotatable bonds is 4. The van der Waals surface area contributed by atoms with Crippen LogP contribution in [-0.4, -0.2) is 39.0 Å². The molecule has 0 spiro atoms. The Hall–Kier alpha value is -2.87. The van der Waals surface area contributed by atoms with Gasteiger partial charge in [-0.1, -0.05) is 6.07 Å². The number of aliphatic hydroxyl groups is 1. The Balaban J connectivity index is 1.64. The summed E-state index contributed by atoms with van der Waals surface area (Å²) in [6.45, 7) is 4.78. The first kappa shape index (κ1) is 17.5. The van der Waals surface area contributed by atoms with Crippen LogP contribution in [0.1, 0.15) is 18.2 Å². The molecule has 1 aliphatic heterocycles. The van der Waals surface area contributed by atoms with Crippen LogP contribution in [-0.2, 0) is 6.54 Å². The van der Waals surface area contributed by atoms with E-state index in [0.717, 1.165) is 28.4 Å². The van der Waals surface area contributed by atoms with Crippen molar-refractivity contribution in [1.82, 2.24) is 15.2 Å². The maximum Gasteiger partial charge on any atom is 0.157 e. The summed E-state index contributed by atoms with van der Waals surface area (Å²) in [4.78, 5) is 6.43. The molecule has 0 bridgehead atoms. The van der Waals surface area contributed by atoms with E-state index < -0.39 is 17.2 Å². The molecule has 4 rings (SSSR count). The number of halogens is 2. The van der Waals surface area contributed by atoms with Crippen LogP contribution in [0, 0.1) is 18.6 Å². The molecule has 3 heterocycles. The summed E-state index contributed by atoms with van der Waals surface area (Å²) in [6, 6.07) is 5.36. The van der Waals surface area contributed by atoms with Crippen molar-refractivity contribution in [2.24, 2.45) is 0 Å². The molecule has 1 aromatic carbocycles. The highest BCUT2D eigenvalue weighted by Crippen LogP contribution is 2.30. The topological polar surface area (TPSA) is 74.2 Å². The van der Waals surface area contributed by atoms with Crippen LogP contribution >= 0.6 is 0 Å². The fourth-order valence-electron chi connectivity index (χ4n) is 3.25. The van der Waals surface area contributed by atoms with Crippen LogP contribution in [0.4, 0.5) is 20.4 Å². The zero-order valence-electron chi connectivity index (χ0n) is 15.0. The maximum absolute atomic E-state index is 13.9. The molecule has 0 radical (unpaired) electrons. The van der Waals surface area contributed by atoms with Gasteiger partial charge in [-0.15, -0.1) is 5.10 Å². The van der Waals surface area contributed by atoms with Crippen molar-refractivity contribution >= 4 is 22.4 Å². The molecule has 1 fully saturated rings. The smallest absolute Gasteiger partial charge is 0.157 e. The Kier molecular flexibility index (Phi) is 4.15. The molecule has 0 unspecified atom stereocenters. The minimum absolute atomic E-state index is 0.148. The van der Waals surface area contributed by atoms with Crippen LogP contribution in [0.15, 0.2) is 30.5 Å². The minimum Gasteiger partial charge on any atom is -0.386 e. The molecule has 1 aliphatic rings. The Labute approximate surface area is 154 Å². The van der Waals surface area contributed by atoms with Gasteiger partial charge in [-0.25, -0.2) is 13.8 Å². The lowest BCUT2D eigenvalue weighted by molar-refractivity contribution is 0.0305. The van der Waals surface area contributed by atoms with E-state index in [0.29, 0.717) is 24.5 Å². The molecule has 2 N–H and O–H groups in total. The van der Waals surface area contributed by atoms with Gasteiger partial charge in [0.25, 0.3) is 0 Å². The van der Waals surface area contributed by atoms with Crippen LogP contribution < -0.4 is 10.2 Å². The van der Waals surface area contributed by atoms with E-state index in [1.54, 1.807) is 13.1 Å². The number of nitrogens with zero attached hydrogens (tertiary/aromatic N) is 4. The summed E-state index contributed by atoms with van der Waals surface area (Å²) in [6.07, 6.45) is 1.73. The number of fused-ring (bicyclic) bond motifs is 1. The van der Waals surface area contributed by atoms with Gasteiger partial charge < -0.3 is 15.3 Å². The molecule has 6 nitrogen and oxygen atoms in total. The number of hydrogen-bond acceptors (Lipinski definition) is 6. The summed E-state index contributed by atoms with van der Waals surface area (Å²) in [5.74, 6) is 0.00251. The maximum atomic E-state index is 13.9. The normalized spacial score (nSPS) is 15.7. The molecule has 27 heavy (non-hydrogen) atoms. The zero-order valence-corrected chi connectivity index (χ0v) is 15.0. The molecule has 0 atom stereocenters. The Morgan fingerprint density at radius 2 is 1.96 bits per heavy atom. The summed E-state index contributed by atoms with van der Waals surface area (Å²) >= 11 is 0. The second-order valence-corrected chi connectivity index (χ2v) is 7.16. The van der Waals surface area contributed by atoms with E-state index in [4.69, 9.17) is 0 Å². The van der Waals surface area contributed by atoms with Crippen LogP contribution in [0.5, 0.6) is 0 Å². The second kappa shape index (κ2) is 6.38. The van der Waals surface area contributed by atoms with Gasteiger partial charge in [0.1, 0.15) is 17.5 Å². The van der Waals surface area contributed by atoms with Crippen molar-refractivity contribution in [2.75, 3.05) is 23.3 Å². The third-order valence-electron chi connectivity index (χ3n) is 4.68. The predicted molar refractivity (Wildman–Crippen MR) is 98.6 cm³/mol. The van der Waals surface area contributed by atoms with Crippen LogP contribution in [0.3, 0.4) is 0 Å². The Morgan fingerprint density at radius 3 is 2.67 bits per heavy atom. The molecule has 0 amide bonds. The predicted octanol–water partition coefficient (Wildman–Crippen LogP) is 2.79. The largest absolute Gasteiger partial charge is 0.386 e. The Morgan fingerprint density at radius 1 is 1.19 bits per heavy atom. The molecule has 1 saturated heterocycles. The average molecular weight is 371 g/mol. The fraction of sp³-hybridized carbons (Fsp3) is 0.316. The molecule has 140 valence electrons. The van der Waals surface area contributed by atoms with E-state index in [1.807, 2.05) is 17.9 Å². The number of aryl methyl sites for hydroxylation is 1. The highest BCUT2D eigenvalue weighted by molar-refractivity contribution is 5.94. The van der Waals surface area contributed by atoms with Gasteiger partial charge in [0.15, 0.2) is 5.82 Å². The SMILES string of the molecule is Cc1nnc(NCc2ccc(F)cc2F)c2cc(N3CC(C)(O)C3)ncc12. The molecule has 0 saturated carbocycles. The van der Waals surface area contributed by atoms with Gasteiger partial charge in [0.05, 0.1) is 11.3 Å². The van der Waals surface area contributed by atoms with Gasteiger partial charge in [0, 0.05) is 48.2 Å². The summed E-state index contributed by atoms with van der Waals surface area (Å²) in [5.41, 5.74) is 0.364. The lowest BCUT2D eigenvalue weighted by atomic mass is 9.97. The lowest BCUT2D eigenvalue weighted by Gasteiger charge is -2.45. The number of β-amino-alcohol motifs (C(OH)–C–C–N with tert-alkyl or cyclic N) is 1. The van der Waals surface area contributed by atoms with Crippen molar-refractivity contribution in [3.8, 4) is 0 Å². The van der Waals surface area contributed by atoms with E-state index >= 15 is 0 Å². The Bertz CT molecular complexity index is 1020. The third kappa shape index (κ3) is 3.40. The molecule has 3 aromatic rings. The van der Waals surface area contributed by atoms with Crippen molar-refractivity contribution in [2.45, 2.75) is 26.0 Å². The van der Waals surface area contributed by atoms with Crippen molar-refractivity contribution in [3.63, 3.8) is 0 Å². The van der Waals surface area contributed by atoms with Crippen molar-refractivity contribution < 1.29 is 13.9 Å². The van der Waals surface area contributed by atoms with E-state index in [1.165, 1.54) is 12.1 Å². The van der Waals surface area contributed by atoms with Gasteiger partial charge in [-0.3, -0.25) is 0 Å². The van der Waals surface area contributed by atoms with Crippen LogP contribution in [0.2, 0.25) is 0 Å². The van der Waals surface area contributed by atoms with Gasteiger partial charge in [-0.2, -0.15) is 5.10 Å². The van der Waals surface area contributed by atoms with Gasteiger partial charge in [0.2, 0.25) is 0 Å². The molecule has 2 aromatic heterocycles. The summed E-state index contributed by atoms with van der Waals surface area (Å²) < 4.78 is 26.9. The van der Waals surface area contributed by atoms with Crippen molar-refractivity contribution in [3.05, 3.63) is 53.4 Å². The minimum atomic E-state index is -0.704. The molecule has 8 heteroatoms. The van der Waals surface area contributed by atoms with E-state index in [2.05, 4.69) is 20.5 Å². The van der Waals surface area contributed by atoms with Crippen LogP contribution in [0.25, 0.3) is 10.8 Å². The summed E-state index contributed by atoms with van der Waals surface area (Å²) in [5, 5.41) is 23.0. The third-order valence-corrected chi connectivity index (χ3v) is 4.68. The standard InChI is InChI=1S/C19H19F2N5O/c1-11-15-8-22-17(26-9-19(2,27)10-26)6-14(15)18(25-24-11)23-7-12-3-4-13(20)5-16(12)21/h3-6,8,27H,7,9-10H2,1-2H3,(H,23,25). The molecular weight excluding hydrogens is 352 g/mol. The first-order valence-corrected chi connectivity index (χ1v) is 8.60. The monoisotopic (exact) mass is 371 g/mol. The number of aromatic nitrogens is 3. The van der Waals surface area contributed by atoms with E-state index in [-0.39, 0.29) is 6.54 Å². The van der Waals surface area contributed by atoms with Gasteiger partial charge >= 0.3 is 0 Å². The highest BCUT2D eigenvalue weighted by Gasteiger charge is 2.37. The average Bonchev–Trinajstić information content (AvgIpc) is 2.60. The van der Waals surface area contributed by atoms with E-state index in [9.17, 15) is 13.9 Å². The zero-order chi connectivity index (χ0) is 19.2. The highest BCUT2D eigenvalue weighted by atomic mass is 19.1. The summed E-state index contributed by atoms with van der Waals surface area (Å²) in [7, 11) is 0. The quantitative estimate of drug-likeness (QED) is 0.735. The number of pyridine rings is 1. The fourth-order valence-corrected chi connectivity index (χ4v) is 3.25. The first-order chi connectivity index (χ1) is 12.8. The molecule has 0 aliphatic carbocycles. The number of nitrogens with one attached hydrogen (secondary N) is 1. The van der Waals surface area contributed by atoms with Crippen molar-refractivity contribution in [1.29, 1.82) is 0 Å². The van der Waals surface area contributed by atoms with Gasteiger partial charge in [-0.05, 0) is 26.0 Å². The lowest BCUT2D eigenvalue weighted by Crippen LogP contribution is -2.60. The molecular formula is C19H19F2N5O. The number of anilines is 2. The first-order valence-electron chi connectivity index (χ1n) is 8.60.